The van der Waals surface area contributed by atoms with E-state index in [1.54, 1.807) is 0 Å². The first-order valence-corrected chi connectivity index (χ1v) is 6.89. The molecule has 0 aromatic heterocycles. The number of nitrogens with one attached hydrogen (secondary N) is 1. The summed E-state index contributed by atoms with van der Waals surface area (Å²) in [6, 6.07) is 0.572. The van der Waals surface area contributed by atoms with E-state index in [0.29, 0.717) is 12.0 Å². The Labute approximate surface area is 103 Å². The molecule has 3 aliphatic rings. The van der Waals surface area contributed by atoms with Crippen LogP contribution >= 0.6 is 0 Å². The molecule has 2 heterocycles. The van der Waals surface area contributed by atoms with Gasteiger partial charge in [0, 0.05) is 25.7 Å². The highest BCUT2D eigenvalue weighted by Gasteiger charge is 2.41. The monoisotopic (exact) mass is 241 g/mol. The van der Waals surface area contributed by atoms with Gasteiger partial charge in [-0.25, -0.2) is 0 Å². The molecule has 0 radical (unpaired) electrons. The normalized spacial score (nSPS) is 46.1. The zero-order valence-corrected chi connectivity index (χ0v) is 10.4. The molecule has 2 N–H and O–H groups in total. The van der Waals surface area contributed by atoms with E-state index in [1.165, 1.54) is 0 Å². The minimum absolute atomic E-state index is 0.00897. The summed E-state index contributed by atoms with van der Waals surface area (Å²) in [5.74, 6) is 0.684. The fourth-order valence-electron chi connectivity index (χ4n) is 3.27. The molecular formula is C13H23NO3. The van der Waals surface area contributed by atoms with Crippen molar-refractivity contribution < 1.29 is 14.6 Å². The number of ether oxygens (including phenoxy) is 2. The van der Waals surface area contributed by atoms with Crippen LogP contribution in [0.4, 0.5) is 0 Å². The first-order chi connectivity index (χ1) is 8.26. The van der Waals surface area contributed by atoms with Gasteiger partial charge < -0.3 is 19.9 Å². The number of aliphatic hydroxyl groups is 1. The van der Waals surface area contributed by atoms with E-state index in [1.807, 2.05) is 0 Å². The van der Waals surface area contributed by atoms with Gasteiger partial charge in [-0.15, -0.1) is 0 Å². The molecule has 2 saturated heterocycles. The van der Waals surface area contributed by atoms with E-state index in [9.17, 15) is 5.11 Å². The standard InChI is InChI=1S/C13H23NO3/c15-12-5-10(6-12)8-14-11-1-3-17-13(7-11)2-4-16-9-13/h10-12,14-15H,1-9H2. The second-order valence-corrected chi connectivity index (χ2v) is 5.92. The molecule has 4 nitrogen and oxygen atoms in total. The molecule has 0 bridgehead atoms. The molecule has 1 saturated carbocycles. The summed E-state index contributed by atoms with van der Waals surface area (Å²) in [6.07, 6.45) is 5.16. The highest BCUT2D eigenvalue weighted by molar-refractivity contribution is 4.93. The lowest BCUT2D eigenvalue weighted by Gasteiger charge is -2.39. The van der Waals surface area contributed by atoms with Crippen LogP contribution in [0.5, 0.6) is 0 Å². The predicted molar refractivity (Wildman–Crippen MR) is 63.9 cm³/mol. The summed E-state index contributed by atoms with van der Waals surface area (Å²) in [6.45, 7) is 3.53. The maximum atomic E-state index is 9.26. The lowest BCUT2D eigenvalue weighted by atomic mass is 9.82. The molecule has 0 aromatic rings. The van der Waals surface area contributed by atoms with E-state index in [4.69, 9.17) is 9.47 Å². The number of aliphatic hydroxyl groups excluding tert-OH is 1. The van der Waals surface area contributed by atoms with Crippen LogP contribution in [-0.2, 0) is 9.47 Å². The maximum Gasteiger partial charge on any atom is 0.0951 e. The summed E-state index contributed by atoms with van der Waals surface area (Å²) in [5.41, 5.74) is 0.00897. The third-order valence-corrected chi connectivity index (χ3v) is 4.47. The summed E-state index contributed by atoms with van der Waals surface area (Å²) < 4.78 is 11.4. The maximum absolute atomic E-state index is 9.26. The molecule has 2 atom stereocenters. The van der Waals surface area contributed by atoms with E-state index < -0.39 is 0 Å². The molecule has 1 spiro atoms. The average Bonchev–Trinajstić information content (AvgIpc) is 2.71. The van der Waals surface area contributed by atoms with Gasteiger partial charge in [0.25, 0.3) is 0 Å². The van der Waals surface area contributed by atoms with E-state index in [-0.39, 0.29) is 11.7 Å². The van der Waals surface area contributed by atoms with Crippen LogP contribution < -0.4 is 5.32 Å². The molecular weight excluding hydrogens is 218 g/mol. The largest absolute Gasteiger partial charge is 0.393 e. The van der Waals surface area contributed by atoms with Crippen molar-refractivity contribution in [3.8, 4) is 0 Å². The Morgan fingerprint density at radius 3 is 2.88 bits per heavy atom. The summed E-state index contributed by atoms with van der Waals surface area (Å²) in [7, 11) is 0. The number of rotatable bonds is 3. The topological polar surface area (TPSA) is 50.7 Å². The van der Waals surface area contributed by atoms with Gasteiger partial charge in [0.05, 0.1) is 18.3 Å². The quantitative estimate of drug-likeness (QED) is 0.763. The second kappa shape index (κ2) is 4.84. The van der Waals surface area contributed by atoms with Gasteiger partial charge in [0.15, 0.2) is 0 Å². The van der Waals surface area contributed by atoms with Gasteiger partial charge in [-0.05, 0) is 38.1 Å². The number of hydrogen-bond acceptors (Lipinski definition) is 4. The Bertz CT molecular complexity index is 259. The highest BCUT2D eigenvalue weighted by Crippen LogP contribution is 2.33. The molecule has 1 aliphatic carbocycles. The van der Waals surface area contributed by atoms with E-state index in [2.05, 4.69) is 5.32 Å². The lowest BCUT2D eigenvalue weighted by molar-refractivity contribution is -0.0903. The van der Waals surface area contributed by atoms with Crippen LogP contribution in [0.2, 0.25) is 0 Å². The van der Waals surface area contributed by atoms with Crippen LogP contribution in [0.25, 0.3) is 0 Å². The minimum atomic E-state index is -0.0361. The predicted octanol–water partition coefficient (Wildman–Crippen LogP) is 0.685. The van der Waals surface area contributed by atoms with Crippen molar-refractivity contribution in [1.29, 1.82) is 0 Å². The van der Waals surface area contributed by atoms with Gasteiger partial charge >= 0.3 is 0 Å². The molecule has 3 fully saturated rings. The Hall–Kier alpha value is -0.160. The molecule has 98 valence electrons. The van der Waals surface area contributed by atoms with Crippen LogP contribution in [0.1, 0.15) is 32.1 Å². The molecule has 0 amide bonds. The van der Waals surface area contributed by atoms with E-state index in [0.717, 1.165) is 58.5 Å². The van der Waals surface area contributed by atoms with Crippen molar-refractivity contribution in [2.24, 2.45) is 5.92 Å². The van der Waals surface area contributed by atoms with Crippen molar-refractivity contribution in [3.05, 3.63) is 0 Å². The van der Waals surface area contributed by atoms with Gasteiger partial charge in [0.1, 0.15) is 0 Å². The summed E-state index contributed by atoms with van der Waals surface area (Å²) in [4.78, 5) is 0. The van der Waals surface area contributed by atoms with Gasteiger partial charge in [-0.3, -0.25) is 0 Å². The minimum Gasteiger partial charge on any atom is -0.393 e. The van der Waals surface area contributed by atoms with Crippen LogP contribution in [0.15, 0.2) is 0 Å². The average molecular weight is 241 g/mol. The molecule has 17 heavy (non-hydrogen) atoms. The van der Waals surface area contributed by atoms with Gasteiger partial charge in [-0.1, -0.05) is 0 Å². The van der Waals surface area contributed by atoms with Gasteiger partial charge in [-0.2, -0.15) is 0 Å². The van der Waals surface area contributed by atoms with Gasteiger partial charge in [0.2, 0.25) is 0 Å². The molecule has 0 aromatic carbocycles. The first kappa shape index (κ1) is 11.9. The van der Waals surface area contributed by atoms with Crippen molar-refractivity contribution >= 4 is 0 Å². The summed E-state index contributed by atoms with van der Waals surface area (Å²) >= 11 is 0. The Balaban J connectivity index is 1.44. The van der Waals surface area contributed by atoms with Crippen molar-refractivity contribution in [3.63, 3.8) is 0 Å². The second-order valence-electron chi connectivity index (χ2n) is 5.92. The van der Waals surface area contributed by atoms with Crippen molar-refractivity contribution in [2.45, 2.75) is 49.9 Å². The highest BCUT2D eigenvalue weighted by atomic mass is 16.6. The zero-order valence-electron chi connectivity index (χ0n) is 10.4. The zero-order chi connectivity index (χ0) is 11.7. The van der Waals surface area contributed by atoms with E-state index >= 15 is 0 Å². The smallest absolute Gasteiger partial charge is 0.0951 e. The third-order valence-electron chi connectivity index (χ3n) is 4.47. The number of hydrogen-bond donors (Lipinski definition) is 2. The van der Waals surface area contributed by atoms with Crippen LogP contribution in [0.3, 0.4) is 0 Å². The molecule has 3 rings (SSSR count). The Kier molecular flexibility index (Phi) is 3.39. The van der Waals surface area contributed by atoms with Crippen LogP contribution in [0, 0.1) is 5.92 Å². The molecule has 2 unspecified atom stereocenters. The fourth-order valence-corrected chi connectivity index (χ4v) is 3.27. The van der Waals surface area contributed by atoms with Crippen molar-refractivity contribution in [1.82, 2.24) is 5.32 Å². The fraction of sp³-hybridized carbons (Fsp3) is 1.00. The SMILES string of the molecule is OC1CC(CNC2CCOC3(CCOC3)C2)C1. The lowest BCUT2D eigenvalue weighted by Crippen LogP contribution is -2.49. The Morgan fingerprint density at radius 1 is 1.29 bits per heavy atom. The van der Waals surface area contributed by atoms with Crippen LogP contribution in [-0.4, -0.2) is 49.2 Å². The summed E-state index contributed by atoms with van der Waals surface area (Å²) in [5, 5.41) is 12.9. The molecule has 4 heteroatoms. The van der Waals surface area contributed by atoms with Crippen molar-refractivity contribution in [2.75, 3.05) is 26.4 Å². The third kappa shape index (κ3) is 2.65. The Morgan fingerprint density at radius 2 is 2.18 bits per heavy atom. The molecule has 2 aliphatic heterocycles. The first-order valence-electron chi connectivity index (χ1n) is 6.89.